The molecule has 1 rings (SSSR count). The van der Waals surface area contributed by atoms with Gasteiger partial charge in [-0.1, -0.05) is 6.92 Å². The van der Waals surface area contributed by atoms with E-state index in [1.165, 1.54) is 12.1 Å². The van der Waals surface area contributed by atoms with E-state index >= 15 is 0 Å². The number of nitrogens with one attached hydrogen (secondary N) is 1. The Labute approximate surface area is 112 Å². The molecule has 0 saturated heterocycles. The Kier molecular flexibility index (Phi) is 4.89. The zero-order valence-electron chi connectivity index (χ0n) is 11.0. The molecule has 5 nitrogen and oxygen atoms in total. The molecule has 0 aliphatic carbocycles. The molecule has 0 spiro atoms. The smallest absolute Gasteiger partial charge is 0.238 e. The molecule has 0 aliphatic heterocycles. The van der Waals surface area contributed by atoms with Crippen molar-refractivity contribution in [2.45, 2.75) is 37.1 Å². The predicted octanol–water partition coefficient (Wildman–Crippen LogP) is 1.44. The van der Waals surface area contributed by atoms with Gasteiger partial charge in [0, 0.05) is 12.1 Å². The molecule has 1 aromatic carbocycles. The lowest BCUT2D eigenvalue weighted by atomic mass is 9.94. The Balaban J connectivity index is 3.04. The number of hydrogen-bond donors (Lipinski definition) is 3. The van der Waals surface area contributed by atoms with Crippen molar-refractivity contribution >= 4 is 15.7 Å². The van der Waals surface area contributed by atoms with Crippen LogP contribution in [0.5, 0.6) is 0 Å². The zero-order valence-corrected chi connectivity index (χ0v) is 11.8. The van der Waals surface area contributed by atoms with Crippen molar-refractivity contribution in [3.8, 4) is 0 Å². The first-order valence-electron chi connectivity index (χ1n) is 5.93. The molecule has 108 valence electrons. The monoisotopic (exact) mass is 290 g/mol. The van der Waals surface area contributed by atoms with Gasteiger partial charge in [0.15, 0.2) is 0 Å². The second-order valence-electron chi connectivity index (χ2n) is 4.70. The third-order valence-electron chi connectivity index (χ3n) is 3.15. The first kappa shape index (κ1) is 15.9. The quantitative estimate of drug-likeness (QED) is 0.739. The highest BCUT2D eigenvalue weighted by molar-refractivity contribution is 7.89. The Morgan fingerprint density at radius 2 is 2.11 bits per heavy atom. The molecule has 19 heavy (non-hydrogen) atoms. The van der Waals surface area contributed by atoms with Crippen LogP contribution in [-0.2, 0) is 10.0 Å². The predicted molar refractivity (Wildman–Crippen MR) is 71.8 cm³/mol. The standard InChI is InChI=1S/C12H19FN2O3S/c1-3-12(2,6-7-16)15-11-5-4-9(8-10(11)13)19(14,17)18/h4-5,8,15-16H,3,6-7H2,1-2H3,(H2,14,17,18). The van der Waals surface area contributed by atoms with Crippen molar-refractivity contribution in [3.05, 3.63) is 24.0 Å². The van der Waals surface area contributed by atoms with Gasteiger partial charge in [-0.05, 0) is 38.0 Å². The van der Waals surface area contributed by atoms with Crippen LogP contribution in [0, 0.1) is 5.82 Å². The Hall–Kier alpha value is -1.18. The van der Waals surface area contributed by atoms with Gasteiger partial charge in [-0.2, -0.15) is 0 Å². The molecule has 1 unspecified atom stereocenters. The molecule has 1 aromatic rings. The lowest BCUT2D eigenvalue weighted by Gasteiger charge is -2.30. The van der Waals surface area contributed by atoms with E-state index in [2.05, 4.69) is 5.32 Å². The molecule has 0 heterocycles. The lowest BCUT2D eigenvalue weighted by Crippen LogP contribution is -2.35. The fourth-order valence-electron chi connectivity index (χ4n) is 1.67. The summed E-state index contributed by atoms with van der Waals surface area (Å²) < 4.78 is 36.0. The maximum absolute atomic E-state index is 13.8. The number of aliphatic hydroxyl groups excluding tert-OH is 1. The summed E-state index contributed by atoms with van der Waals surface area (Å²) in [5.41, 5.74) is -0.274. The van der Waals surface area contributed by atoms with Crippen molar-refractivity contribution < 1.29 is 17.9 Å². The third-order valence-corrected chi connectivity index (χ3v) is 4.06. The van der Waals surface area contributed by atoms with Crippen molar-refractivity contribution in [3.63, 3.8) is 0 Å². The van der Waals surface area contributed by atoms with Gasteiger partial charge in [-0.3, -0.25) is 0 Å². The van der Waals surface area contributed by atoms with Crippen molar-refractivity contribution in [1.29, 1.82) is 0 Å². The van der Waals surface area contributed by atoms with E-state index in [-0.39, 0.29) is 17.2 Å². The number of halogens is 1. The largest absolute Gasteiger partial charge is 0.396 e. The van der Waals surface area contributed by atoms with E-state index in [0.29, 0.717) is 12.8 Å². The fraction of sp³-hybridized carbons (Fsp3) is 0.500. The van der Waals surface area contributed by atoms with E-state index in [9.17, 15) is 12.8 Å². The van der Waals surface area contributed by atoms with E-state index in [0.717, 1.165) is 6.07 Å². The van der Waals surface area contributed by atoms with E-state index < -0.39 is 21.4 Å². The lowest BCUT2D eigenvalue weighted by molar-refractivity contribution is 0.251. The first-order chi connectivity index (χ1) is 8.72. The van der Waals surface area contributed by atoms with Gasteiger partial charge < -0.3 is 10.4 Å². The minimum atomic E-state index is -3.91. The van der Waals surface area contributed by atoms with Crippen molar-refractivity contribution in [2.75, 3.05) is 11.9 Å². The molecule has 0 aromatic heterocycles. The summed E-state index contributed by atoms with van der Waals surface area (Å²) in [7, 11) is -3.91. The van der Waals surface area contributed by atoms with Crippen molar-refractivity contribution in [2.24, 2.45) is 5.14 Å². The second-order valence-corrected chi connectivity index (χ2v) is 6.26. The molecule has 0 fully saturated rings. The summed E-state index contributed by atoms with van der Waals surface area (Å²) in [6, 6.07) is 3.46. The van der Waals surface area contributed by atoms with Gasteiger partial charge in [-0.25, -0.2) is 17.9 Å². The summed E-state index contributed by atoms with van der Waals surface area (Å²) in [5, 5.41) is 16.9. The van der Waals surface area contributed by atoms with Crippen LogP contribution in [0.25, 0.3) is 0 Å². The molecule has 7 heteroatoms. The second kappa shape index (κ2) is 5.85. The van der Waals surface area contributed by atoms with Gasteiger partial charge in [-0.15, -0.1) is 0 Å². The minimum absolute atomic E-state index is 0.0196. The minimum Gasteiger partial charge on any atom is -0.396 e. The van der Waals surface area contributed by atoms with Gasteiger partial charge >= 0.3 is 0 Å². The summed E-state index contributed by atoms with van der Waals surface area (Å²) in [4.78, 5) is -0.268. The van der Waals surface area contributed by atoms with Crippen LogP contribution in [-0.4, -0.2) is 25.7 Å². The summed E-state index contributed by atoms with van der Waals surface area (Å²) in [6.45, 7) is 3.75. The van der Waals surface area contributed by atoms with Crippen LogP contribution in [0.15, 0.2) is 23.1 Å². The van der Waals surface area contributed by atoms with Gasteiger partial charge in [0.25, 0.3) is 0 Å². The van der Waals surface area contributed by atoms with Crippen LogP contribution >= 0.6 is 0 Å². The molecule has 0 bridgehead atoms. The number of aliphatic hydroxyl groups is 1. The molecule has 0 saturated carbocycles. The van der Waals surface area contributed by atoms with E-state index in [4.69, 9.17) is 10.2 Å². The number of primary sulfonamides is 1. The Bertz CT molecular complexity index is 548. The third kappa shape index (κ3) is 4.15. The summed E-state index contributed by atoms with van der Waals surface area (Å²) >= 11 is 0. The van der Waals surface area contributed by atoms with E-state index in [1.54, 1.807) is 0 Å². The highest BCUT2D eigenvalue weighted by Crippen LogP contribution is 2.25. The van der Waals surface area contributed by atoms with Gasteiger partial charge in [0.2, 0.25) is 10.0 Å². The van der Waals surface area contributed by atoms with E-state index in [1.807, 2.05) is 13.8 Å². The highest BCUT2D eigenvalue weighted by atomic mass is 32.2. The van der Waals surface area contributed by atoms with Crippen LogP contribution in [0.1, 0.15) is 26.7 Å². The zero-order chi connectivity index (χ0) is 14.7. The average Bonchev–Trinajstić information content (AvgIpc) is 2.31. The highest BCUT2D eigenvalue weighted by Gasteiger charge is 2.23. The Morgan fingerprint density at radius 3 is 2.53 bits per heavy atom. The molecule has 4 N–H and O–H groups in total. The van der Waals surface area contributed by atoms with Crippen molar-refractivity contribution in [1.82, 2.24) is 0 Å². The maximum Gasteiger partial charge on any atom is 0.238 e. The number of nitrogens with two attached hydrogens (primary N) is 1. The maximum atomic E-state index is 13.8. The van der Waals surface area contributed by atoms with Crippen LogP contribution in [0.4, 0.5) is 10.1 Å². The molecule has 0 amide bonds. The molecular weight excluding hydrogens is 271 g/mol. The number of sulfonamides is 1. The van der Waals surface area contributed by atoms with Crippen LogP contribution < -0.4 is 10.5 Å². The molecule has 0 aliphatic rings. The average molecular weight is 290 g/mol. The first-order valence-corrected chi connectivity index (χ1v) is 7.48. The SMILES string of the molecule is CCC(C)(CCO)Nc1ccc(S(N)(=O)=O)cc1F. The number of rotatable bonds is 6. The summed E-state index contributed by atoms with van der Waals surface area (Å²) in [6.07, 6.45) is 1.14. The molecule has 0 radical (unpaired) electrons. The summed E-state index contributed by atoms with van der Waals surface area (Å²) in [5.74, 6) is -0.691. The molecule has 1 atom stereocenters. The topological polar surface area (TPSA) is 92.4 Å². The number of hydrogen-bond acceptors (Lipinski definition) is 4. The normalized spacial score (nSPS) is 15.0. The fourth-order valence-corrected chi connectivity index (χ4v) is 2.20. The van der Waals surface area contributed by atoms with Gasteiger partial charge in [0.05, 0.1) is 10.6 Å². The number of anilines is 1. The van der Waals surface area contributed by atoms with Crippen LogP contribution in [0.2, 0.25) is 0 Å². The molecular formula is C12H19FN2O3S. The van der Waals surface area contributed by atoms with Gasteiger partial charge in [0.1, 0.15) is 5.82 Å². The van der Waals surface area contributed by atoms with Crippen LogP contribution in [0.3, 0.4) is 0 Å². The number of benzene rings is 1. The Morgan fingerprint density at radius 1 is 1.47 bits per heavy atom.